The van der Waals surface area contributed by atoms with Crippen LogP contribution < -0.4 is 22.3 Å². The van der Waals surface area contributed by atoms with Gasteiger partial charge in [-0.1, -0.05) is 11.2 Å². The van der Waals surface area contributed by atoms with Crippen LogP contribution >= 0.6 is 23.3 Å². The molecule has 1 saturated heterocycles. The highest BCUT2D eigenvalue weighted by Crippen LogP contribution is 2.39. The van der Waals surface area contributed by atoms with Gasteiger partial charge < -0.3 is 36.4 Å². The van der Waals surface area contributed by atoms with Crippen LogP contribution in [0, 0.1) is 0 Å². The third-order valence-corrected chi connectivity index (χ3v) is 7.12. The maximum atomic E-state index is 11.6. The molecule has 0 spiro atoms. The highest BCUT2D eigenvalue weighted by molar-refractivity contribution is 8.00. The minimum Gasteiger partial charge on any atom is -0.543 e. The molecule has 2 atom stereocenters. The lowest BCUT2D eigenvalue weighted by atomic mass is 10.1. The van der Waals surface area contributed by atoms with Gasteiger partial charge >= 0.3 is 0 Å². The van der Waals surface area contributed by atoms with Crippen molar-refractivity contribution in [3.63, 3.8) is 0 Å². The third kappa shape index (κ3) is 7.96. The van der Waals surface area contributed by atoms with Gasteiger partial charge in [0.05, 0.1) is 43.6 Å². The number of hydrogen-bond donors (Lipinski definition) is 3. The number of aliphatic carboxylic acids is 1. The number of nitrogens with zero attached hydrogens (tertiary/aromatic N) is 5. The molecule has 0 aromatic carbocycles. The summed E-state index contributed by atoms with van der Waals surface area (Å²) in [6.45, 7) is 2.28. The quantitative estimate of drug-likeness (QED) is 0.118. The van der Waals surface area contributed by atoms with E-state index in [0.29, 0.717) is 28.8 Å². The number of likely N-dealkylation sites (N-methyl/N-ethyl adjacent to an activating group) is 1. The fraction of sp³-hybridized carbons (Fsp3) is 0.450. The van der Waals surface area contributed by atoms with Gasteiger partial charge in [0.1, 0.15) is 0 Å². The van der Waals surface area contributed by atoms with Crippen molar-refractivity contribution in [2.75, 3.05) is 45.0 Å². The zero-order valence-electron chi connectivity index (χ0n) is 20.1. The minimum atomic E-state index is -1.33. The SMILES string of the molecule is CC[N+](C)(CC=CC1=C(C(=O)[O-])N2C(=O)C[C@@H]2SC1)CC(N)=O.NC(=O)/C(=N\OCF)c1nsc(N)n1. The number of amides is 3. The monoisotopic (exact) mass is 558 g/mol. The molecule has 3 rings (SSSR count). The van der Waals surface area contributed by atoms with Crippen LogP contribution in [-0.4, -0.2) is 92.8 Å². The lowest BCUT2D eigenvalue weighted by molar-refractivity contribution is -0.894. The van der Waals surface area contributed by atoms with Crippen molar-refractivity contribution >= 4 is 57.8 Å². The number of carboxylic acid groups (broad SMARTS) is 1. The van der Waals surface area contributed by atoms with E-state index in [-0.39, 0.29) is 46.1 Å². The number of quaternary nitrogens is 1. The molecule has 1 unspecified atom stereocenters. The summed E-state index contributed by atoms with van der Waals surface area (Å²) in [6, 6.07) is 0. The van der Waals surface area contributed by atoms with E-state index in [1.807, 2.05) is 20.0 Å². The summed E-state index contributed by atoms with van der Waals surface area (Å²) in [7, 11) is 1.91. The number of carbonyl (C=O) groups is 4. The maximum absolute atomic E-state index is 11.6. The average Bonchev–Trinajstić information content (AvgIpc) is 3.24. The predicted octanol–water partition coefficient (Wildman–Crippen LogP) is -1.94. The summed E-state index contributed by atoms with van der Waals surface area (Å²) in [5, 5.41) is 14.6. The Morgan fingerprint density at radius 3 is 2.57 bits per heavy atom. The second-order valence-corrected chi connectivity index (χ2v) is 9.99. The molecule has 1 aromatic rings. The lowest BCUT2D eigenvalue weighted by Crippen LogP contribution is -2.55. The van der Waals surface area contributed by atoms with E-state index in [4.69, 9.17) is 17.2 Å². The number of fused-ring (bicyclic) bond motifs is 1. The molecule has 1 fully saturated rings. The van der Waals surface area contributed by atoms with Crippen LogP contribution in [0.2, 0.25) is 0 Å². The number of nitrogen functional groups attached to an aromatic ring is 1. The summed E-state index contributed by atoms with van der Waals surface area (Å²) in [5.41, 5.74) is 15.6. The smallest absolute Gasteiger partial charge is 0.274 e. The Morgan fingerprint density at radius 2 is 2.08 bits per heavy atom. The number of aromatic nitrogens is 2. The molecule has 2 aliphatic rings. The Kier molecular flexibility index (Phi) is 10.5. The van der Waals surface area contributed by atoms with Crippen LogP contribution in [-0.2, 0) is 24.0 Å². The number of halogens is 1. The molecule has 37 heavy (non-hydrogen) atoms. The minimum absolute atomic E-state index is 0.0261. The van der Waals surface area contributed by atoms with Crippen LogP contribution in [0.1, 0.15) is 19.2 Å². The molecule has 1 aromatic heterocycles. The Balaban J connectivity index is 0.000000294. The largest absolute Gasteiger partial charge is 0.543 e. The first-order valence-electron chi connectivity index (χ1n) is 10.7. The summed E-state index contributed by atoms with van der Waals surface area (Å²) in [4.78, 5) is 53.9. The molecule has 2 aliphatic heterocycles. The number of carboxylic acids is 1. The molecular formula is C20H27FN8O6S2. The van der Waals surface area contributed by atoms with E-state index in [0.717, 1.165) is 18.1 Å². The van der Waals surface area contributed by atoms with Crippen molar-refractivity contribution in [2.45, 2.75) is 18.7 Å². The Labute approximate surface area is 219 Å². The van der Waals surface area contributed by atoms with E-state index >= 15 is 0 Å². The summed E-state index contributed by atoms with van der Waals surface area (Å²) >= 11 is 2.41. The standard InChI is InChI=1S/C15H21N3O4S.C5H6FN5O2S/c1-3-18(2,8-11(16)19)6-4-5-10-9-23-13-7-12(20)17(13)14(10)15(21)22;6-1-13-10-2(3(7)12)4-9-5(8)14-11-4/h4-5,13H,3,6-9H2,1-2H3,(H2-,16,19,21,22);1H2,(H2,7,12)(H2,8,9,11)/b;10-2+/t13-,18?;/m0./s1. The molecule has 0 aliphatic carbocycles. The Bertz CT molecular complexity index is 1140. The van der Waals surface area contributed by atoms with Gasteiger partial charge in [-0.15, -0.1) is 11.8 Å². The molecule has 6 N–H and O–H groups in total. The number of oxime groups is 1. The number of β-lactam (4-membered cyclic amide) rings is 1. The number of thioether (sulfide) groups is 1. The molecule has 0 radical (unpaired) electrons. The van der Waals surface area contributed by atoms with Crippen molar-refractivity contribution in [1.29, 1.82) is 0 Å². The Morgan fingerprint density at radius 1 is 1.38 bits per heavy atom. The highest BCUT2D eigenvalue weighted by Gasteiger charge is 2.42. The van der Waals surface area contributed by atoms with Crippen LogP contribution in [0.3, 0.4) is 0 Å². The van der Waals surface area contributed by atoms with Crippen LogP contribution in [0.25, 0.3) is 0 Å². The fourth-order valence-electron chi connectivity index (χ4n) is 3.30. The van der Waals surface area contributed by atoms with E-state index in [2.05, 4.69) is 19.4 Å². The summed E-state index contributed by atoms with van der Waals surface area (Å²) in [6.07, 6.45) is 3.92. The summed E-state index contributed by atoms with van der Waals surface area (Å²) < 4.78 is 15.7. The number of primary amides is 2. The topological polar surface area (TPSA) is 220 Å². The number of alkyl halides is 1. The second-order valence-electron chi connectivity index (χ2n) is 8.04. The number of anilines is 1. The van der Waals surface area contributed by atoms with Crippen LogP contribution in [0.4, 0.5) is 9.52 Å². The van der Waals surface area contributed by atoms with Gasteiger partial charge in [-0.25, -0.2) is 4.39 Å². The van der Waals surface area contributed by atoms with E-state index in [9.17, 15) is 28.7 Å². The fourth-order valence-corrected chi connectivity index (χ4v) is 4.97. The van der Waals surface area contributed by atoms with Crippen molar-refractivity contribution in [1.82, 2.24) is 14.3 Å². The van der Waals surface area contributed by atoms with Gasteiger partial charge in [-0.3, -0.25) is 19.3 Å². The van der Waals surface area contributed by atoms with Crippen molar-refractivity contribution in [3.8, 4) is 0 Å². The average molecular weight is 559 g/mol. The van der Waals surface area contributed by atoms with Crippen molar-refractivity contribution in [3.05, 3.63) is 29.2 Å². The van der Waals surface area contributed by atoms with E-state index < -0.39 is 18.7 Å². The van der Waals surface area contributed by atoms with Gasteiger partial charge in [0, 0.05) is 17.3 Å². The van der Waals surface area contributed by atoms with Gasteiger partial charge in [0.15, 0.2) is 11.7 Å². The van der Waals surface area contributed by atoms with Crippen LogP contribution in [0.15, 0.2) is 28.6 Å². The number of rotatable bonds is 11. The van der Waals surface area contributed by atoms with Gasteiger partial charge in [0.25, 0.3) is 18.7 Å². The van der Waals surface area contributed by atoms with Crippen LogP contribution in [0.5, 0.6) is 0 Å². The first kappa shape index (κ1) is 29.7. The highest BCUT2D eigenvalue weighted by atomic mass is 32.2. The van der Waals surface area contributed by atoms with Gasteiger partial charge in [-0.05, 0) is 18.6 Å². The first-order chi connectivity index (χ1) is 17.4. The number of hydrogen-bond acceptors (Lipinski definition) is 12. The van der Waals surface area contributed by atoms with Crippen molar-refractivity contribution < 1.29 is 38.0 Å². The zero-order chi connectivity index (χ0) is 27.8. The second kappa shape index (κ2) is 13.1. The molecule has 0 bridgehead atoms. The van der Waals surface area contributed by atoms with E-state index in [1.54, 1.807) is 17.8 Å². The Hall–Kier alpha value is -3.57. The van der Waals surface area contributed by atoms with Gasteiger partial charge in [-0.2, -0.15) is 9.36 Å². The maximum Gasteiger partial charge on any atom is 0.274 e. The molecular weight excluding hydrogens is 531 g/mol. The molecule has 17 heteroatoms. The first-order valence-corrected chi connectivity index (χ1v) is 12.6. The number of allylic oxidation sites excluding steroid dienone is 1. The number of carbonyl (C=O) groups excluding carboxylic acids is 4. The third-order valence-electron chi connectivity index (χ3n) is 5.33. The molecule has 3 amide bonds. The van der Waals surface area contributed by atoms with E-state index in [1.165, 1.54) is 4.90 Å². The molecule has 14 nitrogen and oxygen atoms in total. The molecule has 0 saturated carbocycles. The zero-order valence-corrected chi connectivity index (χ0v) is 21.7. The normalized spacial score (nSPS) is 18.9. The summed E-state index contributed by atoms with van der Waals surface area (Å²) in [5.74, 6) is -2.35. The van der Waals surface area contributed by atoms with Gasteiger partial charge in [0.2, 0.25) is 17.4 Å². The predicted molar refractivity (Wildman–Crippen MR) is 132 cm³/mol. The van der Waals surface area contributed by atoms with Crippen molar-refractivity contribution in [2.24, 2.45) is 16.6 Å². The number of nitrogens with two attached hydrogens (primary N) is 3. The molecule has 3 heterocycles. The lowest BCUT2D eigenvalue weighted by Gasteiger charge is -2.45. The molecule has 202 valence electrons.